The maximum absolute atomic E-state index is 12.3. The van der Waals surface area contributed by atoms with Crippen LogP contribution in [0.25, 0.3) is 0 Å². The van der Waals surface area contributed by atoms with Gasteiger partial charge in [0, 0.05) is 22.2 Å². The highest BCUT2D eigenvalue weighted by atomic mass is 35.5. The molecule has 8 heteroatoms. The van der Waals surface area contributed by atoms with E-state index in [2.05, 4.69) is 40.0 Å². The fraction of sp³-hybridized carbons (Fsp3) is 0.562. The highest BCUT2D eigenvalue weighted by Gasteiger charge is 2.19. The van der Waals surface area contributed by atoms with E-state index in [1.807, 2.05) is 11.6 Å². The Bertz CT molecular complexity index is 665. The van der Waals surface area contributed by atoms with Crippen molar-refractivity contribution in [3.8, 4) is 0 Å². The fourth-order valence-electron chi connectivity index (χ4n) is 2.88. The number of rotatable bonds is 5. The minimum absolute atomic E-state index is 0. The van der Waals surface area contributed by atoms with Crippen LogP contribution >= 0.6 is 23.7 Å². The van der Waals surface area contributed by atoms with Gasteiger partial charge in [0.2, 0.25) is 0 Å². The molecule has 0 saturated carbocycles. The third-order valence-electron chi connectivity index (χ3n) is 4.11. The lowest BCUT2D eigenvalue weighted by atomic mass is 10.1. The number of thiophene rings is 1. The molecule has 1 unspecified atom stereocenters. The maximum Gasteiger partial charge on any atom is 0.273 e. The predicted octanol–water partition coefficient (Wildman–Crippen LogP) is 2.36. The first-order valence-electron chi connectivity index (χ1n) is 8.10. The molecule has 3 heterocycles. The topological polar surface area (TPSA) is 71.8 Å². The summed E-state index contributed by atoms with van der Waals surface area (Å²) in [6.45, 7) is 6.09. The minimum Gasteiger partial charge on any atom is -0.348 e. The third kappa shape index (κ3) is 4.78. The van der Waals surface area contributed by atoms with Gasteiger partial charge in [-0.3, -0.25) is 4.79 Å². The van der Waals surface area contributed by atoms with Crippen molar-refractivity contribution in [1.82, 2.24) is 25.6 Å². The zero-order chi connectivity index (χ0) is 16.2. The molecule has 0 radical (unpaired) electrons. The average Bonchev–Trinajstić information content (AvgIpc) is 3.17. The Morgan fingerprint density at radius 2 is 2.21 bits per heavy atom. The van der Waals surface area contributed by atoms with Gasteiger partial charge in [-0.15, -0.1) is 28.8 Å². The van der Waals surface area contributed by atoms with Gasteiger partial charge in [-0.2, -0.15) is 0 Å². The predicted molar refractivity (Wildman–Crippen MR) is 98.1 cm³/mol. The Balaban J connectivity index is 0.00000208. The van der Waals surface area contributed by atoms with E-state index in [9.17, 15) is 4.79 Å². The lowest BCUT2D eigenvalue weighted by Gasteiger charge is -2.22. The molecule has 24 heavy (non-hydrogen) atoms. The van der Waals surface area contributed by atoms with Gasteiger partial charge in [0.25, 0.3) is 5.91 Å². The van der Waals surface area contributed by atoms with Gasteiger partial charge in [0.15, 0.2) is 5.69 Å². The molecule has 3 rings (SSSR count). The zero-order valence-corrected chi connectivity index (χ0v) is 15.6. The van der Waals surface area contributed by atoms with Crippen LogP contribution < -0.4 is 10.6 Å². The van der Waals surface area contributed by atoms with E-state index in [1.165, 1.54) is 9.75 Å². The van der Waals surface area contributed by atoms with Crippen LogP contribution in [0.2, 0.25) is 0 Å². The summed E-state index contributed by atoms with van der Waals surface area (Å²) in [4.78, 5) is 14.9. The van der Waals surface area contributed by atoms with E-state index in [4.69, 9.17) is 0 Å². The number of hydrogen-bond acceptors (Lipinski definition) is 5. The number of carbonyl (C=O) groups is 1. The third-order valence-corrected chi connectivity index (χ3v) is 5.13. The summed E-state index contributed by atoms with van der Waals surface area (Å²) in [5.74, 6) is -0.147. The summed E-state index contributed by atoms with van der Waals surface area (Å²) in [7, 11) is 0. The normalized spacial score (nSPS) is 16.4. The van der Waals surface area contributed by atoms with Crippen LogP contribution in [-0.4, -0.2) is 40.0 Å². The molecule has 6 nitrogen and oxygen atoms in total. The Morgan fingerprint density at radius 3 is 2.88 bits per heavy atom. The molecular formula is C16H24ClN5OS. The largest absolute Gasteiger partial charge is 0.348 e. The van der Waals surface area contributed by atoms with E-state index >= 15 is 0 Å². The first kappa shape index (κ1) is 18.9. The summed E-state index contributed by atoms with van der Waals surface area (Å²) in [6.07, 6.45) is 4.66. The number of amides is 1. The van der Waals surface area contributed by atoms with E-state index in [-0.39, 0.29) is 24.4 Å². The number of aromatic nitrogens is 3. The number of nitrogens with zero attached hydrogens (tertiary/aromatic N) is 3. The highest BCUT2D eigenvalue weighted by molar-refractivity contribution is 7.11. The SMILES string of the molecule is Cc1ccc(CC(C)NC(=O)c2cn(C3CCNCC3)nn2)s1.Cl. The zero-order valence-electron chi connectivity index (χ0n) is 14.0. The van der Waals surface area contributed by atoms with Crippen molar-refractivity contribution in [2.45, 2.75) is 45.2 Å². The van der Waals surface area contributed by atoms with Gasteiger partial charge in [-0.1, -0.05) is 5.21 Å². The second-order valence-electron chi connectivity index (χ2n) is 6.16. The van der Waals surface area contributed by atoms with Crippen LogP contribution in [-0.2, 0) is 6.42 Å². The molecule has 0 bridgehead atoms. The molecule has 0 aromatic carbocycles. The Kier molecular flexibility index (Phi) is 6.77. The quantitative estimate of drug-likeness (QED) is 0.848. The number of hydrogen-bond donors (Lipinski definition) is 2. The molecule has 0 aliphatic carbocycles. The van der Waals surface area contributed by atoms with E-state index < -0.39 is 0 Å². The van der Waals surface area contributed by atoms with Crippen molar-refractivity contribution in [3.63, 3.8) is 0 Å². The summed E-state index contributed by atoms with van der Waals surface area (Å²) < 4.78 is 1.84. The number of carbonyl (C=O) groups excluding carboxylic acids is 1. The second-order valence-corrected chi connectivity index (χ2v) is 7.53. The van der Waals surface area contributed by atoms with Crippen LogP contribution in [0.1, 0.15) is 46.0 Å². The number of nitrogens with one attached hydrogen (secondary N) is 2. The molecule has 132 valence electrons. The first-order chi connectivity index (χ1) is 11.1. The molecule has 2 aromatic rings. The molecule has 1 fully saturated rings. The molecule has 1 aliphatic rings. The summed E-state index contributed by atoms with van der Waals surface area (Å²) in [5, 5.41) is 14.5. The standard InChI is InChI=1S/C16H23N5OS.ClH/c1-11(9-14-4-3-12(2)23-14)18-16(22)15-10-21(20-19-15)13-5-7-17-8-6-13;/h3-4,10-11,13,17H,5-9H2,1-2H3,(H,18,22);1H. The maximum atomic E-state index is 12.3. The smallest absolute Gasteiger partial charge is 0.273 e. The molecule has 1 atom stereocenters. The summed E-state index contributed by atoms with van der Waals surface area (Å²) >= 11 is 1.77. The molecular weight excluding hydrogens is 346 g/mol. The van der Waals surface area contributed by atoms with Crippen LogP contribution in [0.3, 0.4) is 0 Å². The first-order valence-corrected chi connectivity index (χ1v) is 8.92. The molecule has 1 amide bonds. The molecule has 2 aromatic heterocycles. The lowest BCUT2D eigenvalue weighted by molar-refractivity contribution is 0.0935. The van der Waals surface area contributed by atoms with E-state index in [0.29, 0.717) is 11.7 Å². The van der Waals surface area contributed by atoms with Gasteiger partial charge < -0.3 is 10.6 Å². The van der Waals surface area contributed by atoms with Gasteiger partial charge >= 0.3 is 0 Å². The fourth-order valence-corrected chi connectivity index (χ4v) is 3.89. The van der Waals surface area contributed by atoms with Crippen LogP contribution in [0.4, 0.5) is 0 Å². The number of aryl methyl sites for hydroxylation is 1. The Hall–Kier alpha value is -1.44. The monoisotopic (exact) mass is 369 g/mol. The van der Waals surface area contributed by atoms with Crippen molar-refractivity contribution in [2.24, 2.45) is 0 Å². The van der Waals surface area contributed by atoms with Crippen molar-refractivity contribution in [3.05, 3.63) is 33.8 Å². The molecule has 2 N–H and O–H groups in total. The van der Waals surface area contributed by atoms with Crippen molar-refractivity contribution in [1.29, 1.82) is 0 Å². The van der Waals surface area contributed by atoms with Crippen LogP contribution in [0, 0.1) is 6.92 Å². The van der Waals surface area contributed by atoms with E-state index in [0.717, 1.165) is 32.4 Å². The summed E-state index contributed by atoms with van der Waals surface area (Å²) in [5.41, 5.74) is 0.401. The highest BCUT2D eigenvalue weighted by Crippen LogP contribution is 2.18. The Labute approximate surface area is 152 Å². The van der Waals surface area contributed by atoms with Gasteiger partial charge in [0.1, 0.15) is 0 Å². The molecule has 0 spiro atoms. The van der Waals surface area contributed by atoms with Crippen LogP contribution in [0.15, 0.2) is 18.3 Å². The lowest BCUT2D eigenvalue weighted by Crippen LogP contribution is -2.34. The van der Waals surface area contributed by atoms with Gasteiger partial charge in [-0.05, 0) is 51.9 Å². The number of piperidine rings is 1. The molecule has 1 aliphatic heterocycles. The average molecular weight is 370 g/mol. The van der Waals surface area contributed by atoms with Gasteiger partial charge in [-0.25, -0.2) is 4.68 Å². The minimum atomic E-state index is -0.147. The van der Waals surface area contributed by atoms with Crippen molar-refractivity contribution >= 4 is 29.7 Å². The van der Waals surface area contributed by atoms with Crippen molar-refractivity contribution < 1.29 is 4.79 Å². The van der Waals surface area contributed by atoms with Crippen LogP contribution in [0.5, 0.6) is 0 Å². The van der Waals surface area contributed by atoms with Gasteiger partial charge in [0.05, 0.1) is 12.2 Å². The second kappa shape index (κ2) is 8.60. The van der Waals surface area contributed by atoms with Crippen molar-refractivity contribution in [2.75, 3.05) is 13.1 Å². The number of halogens is 1. The van der Waals surface area contributed by atoms with E-state index in [1.54, 1.807) is 17.5 Å². The summed E-state index contributed by atoms with van der Waals surface area (Å²) in [6, 6.07) is 4.65. The Morgan fingerprint density at radius 1 is 1.46 bits per heavy atom. The molecule has 1 saturated heterocycles.